The molecule has 0 radical (unpaired) electrons. The quantitative estimate of drug-likeness (QED) is 0.484. The van der Waals surface area contributed by atoms with E-state index in [-0.39, 0.29) is 6.10 Å². The normalized spacial score (nSPS) is 16.6. The first-order valence-corrected chi connectivity index (χ1v) is 11.4. The molecule has 0 aliphatic heterocycles. The molecule has 3 aromatic rings. The zero-order chi connectivity index (χ0) is 18.4. The van der Waals surface area contributed by atoms with Gasteiger partial charge in [0.25, 0.3) is 0 Å². The van der Waals surface area contributed by atoms with Crippen molar-refractivity contribution >= 4 is 30.2 Å². The summed E-state index contributed by atoms with van der Waals surface area (Å²) in [5.74, 6) is 0. The Labute approximate surface area is 161 Å². The van der Waals surface area contributed by atoms with Crippen molar-refractivity contribution in [3.8, 4) is 0 Å². The van der Waals surface area contributed by atoms with E-state index in [0.29, 0.717) is 0 Å². The summed E-state index contributed by atoms with van der Waals surface area (Å²) in [7, 11) is -1.44. The maximum absolute atomic E-state index is 6.33. The van der Waals surface area contributed by atoms with Gasteiger partial charge in [0, 0.05) is 10.8 Å². The monoisotopic (exact) mass is 382 g/mol. The SMILES string of the molecule is CC(C)Op1oc2ccc3c(c2c2c4c(ccc2o1)CCCC4)CCCC3. The molecule has 0 saturated carbocycles. The van der Waals surface area contributed by atoms with E-state index in [0.717, 1.165) is 24.0 Å². The number of fused-ring (bicyclic) bond motifs is 7. The summed E-state index contributed by atoms with van der Waals surface area (Å²) in [4.78, 5) is 0. The zero-order valence-corrected chi connectivity index (χ0v) is 17.1. The molecular weight excluding hydrogens is 355 g/mol. The highest BCUT2D eigenvalue weighted by Gasteiger charge is 2.21. The highest BCUT2D eigenvalue weighted by atomic mass is 31.1. The lowest BCUT2D eigenvalue weighted by Gasteiger charge is -2.20. The number of hydrogen-bond donors (Lipinski definition) is 0. The summed E-state index contributed by atoms with van der Waals surface area (Å²) in [5.41, 5.74) is 7.81. The fourth-order valence-electron chi connectivity index (χ4n) is 4.71. The molecule has 0 atom stereocenters. The number of benzene rings is 2. The van der Waals surface area contributed by atoms with Crippen LogP contribution in [0.25, 0.3) is 21.9 Å². The molecule has 142 valence electrons. The summed E-state index contributed by atoms with van der Waals surface area (Å²) in [6, 6.07) is 8.82. The van der Waals surface area contributed by atoms with Gasteiger partial charge < -0.3 is 8.39 Å². The van der Waals surface area contributed by atoms with Crippen molar-refractivity contribution in [2.24, 2.45) is 0 Å². The molecule has 1 aromatic heterocycles. The van der Waals surface area contributed by atoms with Gasteiger partial charge in [-0.1, -0.05) is 12.1 Å². The Morgan fingerprint density at radius 3 is 1.70 bits per heavy atom. The van der Waals surface area contributed by atoms with E-state index in [1.54, 1.807) is 0 Å². The third-order valence-electron chi connectivity index (χ3n) is 5.88. The van der Waals surface area contributed by atoms with Crippen molar-refractivity contribution in [2.45, 2.75) is 71.3 Å². The molecule has 4 heteroatoms. The fraction of sp³-hybridized carbons (Fsp3) is 0.478. The Morgan fingerprint density at radius 1 is 0.741 bits per heavy atom. The van der Waals surface area contributed by atoms with Gasteiger partial charge in [0.1, 0.15) is 11.2 Å². The number of hydrogen-bond acceptors (Lipinski definition) is 3. The van der Waals surface area contributed by atoms with Crippen molar-refractivity contribution in [2.75, 3.05) is 0 Å². The lowest BCUT2D eigenvalue weighted by Crippen LogP contribution is -2.05. The van der Waals surface area contributed by atoms with Gasteiger partial charge in [-0.3, -0.25) is 4.52 Å². The molecule has 0 unspecified atom stereocenters. The summed E-state index contributed by atoms with van der Waals surface area (Å²) in [5, 5.41) is 2.58. The maximum Gasteiger partial charge on any atom is 0.387 e. The lowest BCUT2D eigenvalue weighted by atomic mass is 9.84. The third kappa shape index (κ3) is 3.11. The maximum atomic E-state index is 6.33. The number of aryl methyl sites for hydroxylation is 4. The van der Waals surface area contributed by atoms with Gasteiger partial charge in [-0.05, 0) is 99.6 Å². The van der Waals surface area contributed by atoms with Crippen LogP contribution in [0, 0.1) is 0 Å². The molecule has 2 aliphatic carbocycles. The molecule has 0 fully saturated rings. The largest absolute Gasteiger partial charge is 0.399 e. The Kier molecular flexibility index (Phi) is 4.53. The minimum absolute atomic E-state index is 0.0661. The predicted molar refractivity (Wildman–Crippen MR) is 111 cm³/mol. The van der Waals surface area contributed by atoms with E-state index in [1.165, 1.54) is 71.6 Å². The van der Waals surface area contributed by atoms with Crippen LogP contribution in [0.5, 0.6) is 0 Å². The van der Waals surface area contributed by atoms with E-state index >= 15 is 0 Å². The highest BCUT2D eigenvalue weighted by molar-refractivity contribution is 7.31. The van der Waals surface area contributed by atoms with Gasteiger partial charge in [-0.25, -0.2) is 0 Å². The molecule has 2 aliphatic rings. The molecule has 0 saturated heterocycles. The zero-order valence-electron chi connectivity index (χ0n) is 16.2. The Bertz CT molecular complexity index is 970. The van der Waals surface area contributed by atoms with Crippen molar-refractivity contribution in [3.63, 3.8) is 0 Å². The first kappa shape index (κ1) is 17.4. The first-order chi connectivity index (χ1) is 13.2. The van der Waals surface area contributed by atoms with E-state index in [9.17, 15) is 0 Å². The van der Waals surface area contributed by atoms with Crippen LogP contribution in [-0.4, -0.2) is 6.10 Å². The minimum atomic E-state index is -1.44. The minimum Gasteiger partial charge on any atom is -0.399 e. The molecule has 0 spiro atoms. The van der Waals surface area contributed by atoms with Crippen LogP contribution in [-0.2, 0) is 25.7 Å². The van der Waals surface area contributed by atoms with Crippen LogP contribution in [0.15, 0.2) is 32.7 Å². The summed E-state index contributed by atoms with van der Waals surface area (Å²) >= 11 is 0. The van der Waals surface area contributed by atoms with Crippen LogP contribution in [0.1, 0.15) is 61.8 Å². The molecule has 27 heavy (non-hydrogen) atoms. The van der Waals surface area contributed by atoms with Gasteiger partial charge in [0.15, 0.2) is 0 Å². The van der Waals surface area contributed by atoms with Gasteiger partial charge in [-0.15, -0.1) is 0 Å². The van der Waals surface area contributed by atoms with E-state index < -0.39 is 8.24 Å². The molecule has 0 bridgehead atoms. The molecule has 5 rings (SSSR count). The highest BCUT2D eigenvalue weighted by Crippen LogP contribution is 2.41. The second-order valence-corrected chi connectivity index (χ2v) is 9.15. The fourth-order valence-corrected chi connectivity index (χ4v) is 5.80. The van der Waals surface area contributed by atoms with Crippen LogP contribution < -0.4 is 4.52 Å². The second kappa shape index (κ2) is 7.04. The number of rotatable bonds is 2. The van der Waals surface area contributed by atoms with E-state index in [2.05, 4.69) is 24.3 Å². The smallest absolute Gasteiger partial charge is 0.387 e. The van der Waals surface area contributed by atoms with Gasteiger partial charge in [0.2, 0.25) is 0 Å². The molecule has 1 heterocycles. The average Bonchev–Trinajstić information content (AvgIpc) is 2.83. The second-order valence-electron chi connectivity index (χ2n) is 8.13. The van der Waals surface area contributed by atoms with Crippen molar-refractivity contribution in [3.05, 3.63) is 46.5 Å². The van der Waals surface area contributed by atoms with Gasteiger partial charge >= 0.3 is 8.24 Å². The van der Waals surface area contributed by atoms with Crippen molar-refractivity contribution < 1.29 is 12.9 Å². The topological polar surface area (TPSA) is 35.5 Å². The van der Waals surface area contributed by atoms with Crippen LogP contribution in [0.3, 0.4) is 0 Å². The van der Waals surface area contributed by atoms with E-state index in [4.69, 9.17) is 12.9 Å². The van der Waals surface area contributed by atoms with Crippen molar-refractivity contribution in [1.29, 1.82) is 0 Å². The van der Waals surface area contributed by atoms with E-state index in [1.807, 2.05) is 13.8 Å². The molecule has 0 N–H and O–H groups in total. The average molecular weight is 382 g/mol. The van der Waals surface area contributed by atoms with Gasteiger partial charge in [-0.2, -0.15) is 0 Å². The Balaban J connectivity index is 1.94. The van der Waals surface area contributed by atoms with Crippen LogP contribution in [0.4, 0.5) is 0 Å². The molecule has 0 amide bonds. The lowest BCUT2D eigenvalue weighted by molar-refractivity contribution is 0.300. The standard InChI is InChI=1S/C23H27O3P/c1-15(2)24-27-25-20-13-11-16-7-3-5-9-18(16)22(20)23-19-10-6-4-8-17(19)12-14-21(23)26-27/h11-15H,3-10H2,1-2H3. The summed E-state index contributed by atoms with van der Waals surface area (Å²) in [6.07, 6.45) is 9.75. The van der Waals surface area contributed by atoms with Gasteiger partial charge in [0.05, 0.1) is 6.10 Å². The summed E-state index contributed by atoms with van der Waals surface area (Å²) < 4.78 is 18.6. The Hall–Kier alpha value is -1.70. The van der Waals surface area contributed by atoms with Crippen molar-refractivity contribution in [1.82, 2.24) is 0 Å². The first-order valence-electron chi connectivity index (χ1n) is 10.3. The summed E-state index contributed by atoms with van der Waals surface area (Å²) in [6.45, 7) is 4.06. The van der Waals surface area contributed by atoms with Crippen LogP contribution >= 0.6 is 8.24 Å². The molecule has 3 nitrogen and oxygen atoms in total. The van der Waals surface area contributed by atoms with Crippen LogP contribution in [0.2, 0.25) is 0 Å². The molecule has 2 aromatic carbocycles. The third-order valence-corrected chi connectivity index (χ3v) is 7.17. The molecular formula is C23H27O3P. The Morgan fingerprint density at radius 2 is 1.22 bits per heavy atom. The predicted octanol–water partition coefficient (Wildman–Crippen LogP) is 6.88.